The zero-order valence-electron chi connectivity index (χ0n) is 12.0. The van der Waals surface area contributed by atoms with Gasteiger partial charge in [-0.05, 0) is 25.0 Å². The fourth-order valence-corrected chi connectivity index (χ4v) is 4.20. The Balaban J connectivity index is 1.80. The minimum Gasteiger partial charge on any atom is -0.486 e. The summed E-state index contributed by atoms with van der Waals surface area (Å²) in [5, 5.41) is 0. The number of nitrogens with two attached hydrogens (primary N) is 1. The van der Waals surface area contributed by atoms with E-state index in [-0.39, 0.29) is 16.7 Å². The average Bonchev–Trinajstić information content (AvgIpc) is 2.54. The maximum atomic E-state index is 12.7. The molecule has 2 aliphatic heterocycles. The minimum atomic E-state index is -3.60. The van der Waals surface area contributed by atoms with Crippen molar-refractivity contribution >= 4 is 15.9 Å². The fourth-order valence-electron chi connectivity index (χ4n) is 2.71. The van der Waals surface area contributed by atoms with Crippen LogP contribution in [-0.4, -0.2) is 44.9 Å². The lowest BCUT2D eigenvalue weighted by Crippen LogP contribution is -2.41. The van der Waals surface area contributed by atoms with E-state index in [2.05, 4.69) is 0 Å². The Morgan fingerprint density at radius 1 is 1.14 bits per heavy atom. The summed E-state index contributed by atoms with van der Waals surface area (Å²) in [4.78, 5) is 11.3. The first-order chi connectivity index (χ1) is 10.5. The maximum Gasteiger partial charge on any atom is 0.243 e. The molecule has 2 aliphatic rings. The first kappa shape index (κ1) is 15.1. The van der Waals surface area contributed by atoms with Gasteiger partial charge in [0, 0.05) is 25.1 Å². The van der Waals surface area contributed by atoms with Crippen LogP contribution >= 0.6 is 0 Å². The van der Waals surface area contributed by atoms with Gasteiger partial charge in [0.05, 0.1) is 4.90 Å². The SMILES string of the molecule is NC(=O)C1CCN(S(=O)(=O)c2ccc3c(c2)OCCO3)CC1. The summed E-state index contributed by atoms with van der Waals surface area (Å²) in [6, 6.07) is 4.62. The van der Waals surface area contributed by atoms with Crippen molar-refractivity contribution in [3.05, 3.63) is 18.2 Å². The molecule has 7 nitrogen and oxygen atoms in total. The molecule has 2 heterocycles. The number of carbonyl (C=O) groups is 1. The third-order valence-corrected chi connectivity index (χ3v) is 5.90. The molecule has 0 spiro atoms. The molecular weight excluding hydrogens is 308 g/mol. The molecule has 1 fully saturated rings. The highest BCUT2D eigenvalue weighted by molar-refractivity contribution is 7.89. The van der Waals surface area contributed by atoms with E-state index in [1.807, 2.05) is 0 Å². The number of rotatable bonds is 3. The molecule has 1 aromatic rings. The van der Waals surface area contributed by atoms with Gasteiger partial charge in [-0.1, -0.05) is 0 Å². The number of benzene rings is 1. The molecule has 0 radical (unpaired) electrons. The summed E-state index contributed by atoms with van der Waals surface area (Å²) in [6.45, 7) is 1.45. The van der Waals surface area contributed by atoms with Crippen LogP contribution in [0.4, 0.5) is 0 Å². The van der Waals surface area contributed by atoms with Crippen molar-refractivity contribution in [1.82, 2.24) is 4.31 Å². The number of sulfonamides is 1. The zero-order valence-corrected chi connectivity index (χ0v) is 12.8. The molecule has 22 heavy (non-hydrogen) atoms. The van der Waals surface area contributed by atoms with Crippen molar-refractivity contribution in [3.8, 4) is 11.5 Å². The summed E-state index contributed by atoms with van der Waals surface area (Å²) < 4.78 is 37.5. The van der Waals surface area contributed by atoms with Crippen molar-refractivity contribution in [2.45, 2.75) is 17.7 Å². The van der Waals surface area contributed by atoms with E-state index >= 15 is 0 Å². The summed E-state index contributed by atoms with van der Waals surface area (Å²) in [7, 11) is -3.60. The molecule has 8 heteroatoms. The van der Waals surface area contributed by atoms with Gasteiger partial charge in [-0.25, -0.2) is 8.42 Å². The van der Waals surface area contributed by atoms with Gasteiger partial charge in [-0.15, -0.1) is 0 Å². The van der Waals surface area contributed by atoms with E-state index < -0.39 is 10.0 Å². The van der Waals surface area contributed by atoms with Crippen LogP contribution in [0.2, 0.25) is 0 Å². The van der Waals surface area contributed by atoms with Crippen LogP contribution in [0.3, 0.4) is 0 Å². The molecule has 120 valence electrons. The fraction of sp³-hybridized carbons (Fsp3) is 0.500. The third kappa shape index (κ3) is 2.76. The number of nitrogens with zero attached hydrogens (tertiary/aromatic N) is 1. The molecule has 3 rings (SSSR count). The predicted octanol–water partition coefficient (Wildman–Crippen LogP) is 0.344. The molecule has 0 aliphatic carbocycles. The van der Waals surface area contributed by atoms with Gasteiger partial charge < -0.3 is 15.2 Å². The molecule has 1 saturated heterocycles. The van der Waals surface area contributed by atoms with Gasteiger partial charge in [0.15, 0.2) is 11.5 Å². The summed E-state index contributed by atoms with van der Waals surface area (Å²) in [6.07, 6.45) is 0.915. The van der Waals surface area contributed by atoms with Gasteiger partial charge in [0.25, 0.3) is 0 Å². The third-order valence-electron chi connectivity index (χ3n) is 4.01. The normalized spacial score (nSPS) is 19.8. The monoisotopic (exact) mass is 326 g/mol. The molecule has 0 saturated carbocycles. The molecule has 1 aromatic carbocycles. The van der Waals surface area contributed by atoms with Crippen molar-refractivity contribution in [2.75, 3.05) is 26.3 Å². The highest BCUT2D eigenvalue weighted by atomic mass is 32.2. The molecule has 2 N–H and O–H groups in total. The second-order valence-electron chi connectivity index (χ2n) is 5.39. The summed E-state index contributed by atoms with van der Waals surface area (Å²) in [5.41, 5.74) is 5.27. The molecule has 0 atom stereocenters. The quantitative estimate of drug-likeness (QED) is 0.864. The number of amides is 1. The maximum absolute atomic E-state index is 12.7. The molecule has 0 bridgehead atoms. The van der Waals surface area contributed by atoms with Crippen molar-refractivity contribution in [3.63, 3.8) is 0 Å². The van der Waals surface area contributed by atoms with Crippen LogP contribution in [0.25, 0.3) is 0 Å². The molecule has 1 amide bonds. The van der Waals surface area contributed by atoms with Gasteiger partial charge in [0.2, 0.25) is 15.9 Å². The van der Waals surface area contributed by atoms with Crippen LogP contribution in [0.5, 0.6) is 11.5 Å². The second kappa shape index (κ2) is 5.77. The first-order valence-corrected chi connectivity index (χ1v) is 8.61. The standard InChI is InChI=1S/C14H18N2O5S/c15-14(17)10-3-5-16(6-4-10)22(18,19)11-1-2-12-13(9-11)21-8-7-20-12/h1-2,9-10H,3-8H2,(H2,15,17). The first-order valence-electron chi connectivity index (χ1n) is 7.17. The Bertz CT molecular complexity index is 680. The lowest BCUT2D eigenvalue weighted by molar-refractivity contribution is -0.122. The predicted molar refractivity (Wildman–Crippen MR) is 78.1 cm³/mol. The van der Waals surface area contributed by atoms with Crippen LogP contribution in [-0.2, 0) is 14.8 Å². The van der Waals surface area contributed by atoms with Crippen molar-refractivity contribution < 1.29 is 22.7 Å². The number of piperidine rings is 1. The average molecular weight is 326 g/mol. The van der Waals surface area contributed by atoms with Crippen LogP contribution < -0.4 is 15.2 Å². The van der Waals surface area contributed by atoms with Gasteiger partial charge >= 0.3 is 0 Å². The second-order valence-corrected chi connectivity index (χ2v) is 7.32. The zero-order chi connectivity index (χ0) is 15.7. The summed E-state index contributed by atoms with van der Waals surface area (Å²) in [5.74, 6) is 0.389. The molecular formula is C14H18N2O5S. The smallest absolute Gasteiger partial charge is 0.243 e. The topological polar surface area (TPSA) is 98.9 Å². The van der Waals surface area contributed by atoms with E-state index in [0.717, 1.165) is 0 Å². The van der Waals surface area contributed by atoms with E-state index in [4.69, 9.17) is 15.2 Å². The Hall–Kier alpha value is -1.80. The van der Waals surface area contributed by atoms with E-state index in [1.165, 1.54) is 16.4 Å². The lowest BCUT2D eigenvalue weighted by Gasteiger charge is -2.30. The minimum absolute atomic E-state index is 0.175. The summed E-state index contributed by atoms with van der Waals surface area (Å²) >= 11 is 0. The van der Waals surface area contributed by atoms with E-state index in [0.29, 0.717) is 50.6 Å². The van der Waals surface area contributed by atoms with Gasteiger partial charge in [0.1, 0.15) is 13.2 Å². The van der Waals surface area contributed by atoms with Crippen molar-refractivity contribution in [2.24, 2.45) is 11.7 Å². The number of hydrogen-bond acceptors (Lipinski definition) is 5. The number of fused-ring (bicyclic) bond motifs is 1. The molecule has 0 aromatic heterocycles. The Kier molecular flexibility index (Phi) is 3.96. The number of primary amides is 1. The van der Waals surface area contributed by atoms with Crippen LogP contribution in [0.15, 0.2) is 23.1 Å². The lowest BCUT2D eigenvalue weighted by atomic mass is 9.98. The van der Waals surface area contributed by atoms with Gasteiger partial charge in [-0.2, -0.15) is 4.31 Å². The van der Waals surface area contributed by atoms with Crippen LogP contribution in [0.1, 0.15) is 12.8 Å². The number of hydrogen-bond donors (Lipinski definition) is 1. The largest absolute Gasteiger partial charge is 0.486 e. The van der Waals surface area contributed by atoms with Crippen molar-refractivity contribution in [1.29, 1.82) is 0 Å². The highest BCUT2D eigenvalue weighted by Gasteiger charge is 2.32. The van der Waals surface area contributed by atoms with Crippen LogP contribution in [0, 0.1) is 5.92 Å². The molecule has 0 unspecified atom stereocenters. The Morgan fingerprint density at radius 3 is 2.41 bits per heavy atom. The van der Waals surface area contributed by atoms with Gasteiger partial charge in [-0.3, -0.25) is 4.79 Å². The number of carbonyl (C=O) groups excluding carboxylic acids is 1. The van der Waals surface area contributed by atoms with E-state index in [1.54, 1.807) is 6.07 Å². The highest BCUT2D eigenvalue weighted by Crippen LogP contribution is 2.33. The Morgan fingerprint density at radius 2 is 1.77 bits per heavy atom. The van der Waals surface area contributed by atoms with E-state index in [9.17, 15) is 13.2 Å². The number of ether oxygens (including phenoxy) is 2. The Labute approximate surface area is 129 Å².